The number of anilines is 2. The molecule has 0 aliphatic carbocycles. The van der Waals surface area contributed by atoms with Crippen LogP contribution in [0.1, 0.15) is 0 Å². The molecule has 2 aromatic carbocycles. The van der Waals surface area contributed by atoms with Gasteiger partial charge in [-0.15, -0.1) is 5.10 Å². The van der Waals surface area contributed by atoms with Crippen molar-refractivity contribution in [2.45, 2.75) is 0 Å². The van der Waals surface area contributed by atoms with Gasteiger partial charge in [-0.3, -0.25) is 0 Å². The summed E-state index contributed by atoms with van der Waals surface area (Å²) in [5, 5.41) is 8.38. The van der Waals surface area contributed by atoms with Crippen LogP contribution < -0.4 is 15.8 Å². The highest BCUT2D eigenvalue weighted by Gasteiger charge is 2.20. The predicted molar refractivity (Wildman–Crippen MR) is 125 cm³/mol. The molecule has 0 bridgehead atoms. The number of nitrogens with zero attached hydrogens (tertiary/aromatic N) is 5. The Hall–Kier alpha value is -3.43. The molecule has 0 saturated carbocycles. The van der Waals surface area contributed by atoms with Gasteiger partial charge in [-0.05, 0) is 56.6 Å². The number of likely N-dealkylation sites (N-methyl/N-ethyl adjacent to an activating group) is 1. The van der Waals surface area contributed by atoms with Crippen molar-refractivity contribution in [3.63, 3.8) is 0 Å². The van der Waals surface area contributed by atoms with E-state index in [1.54, 1.807) is 17.9 Å². The average Bonchev–Trinajstić information content (AvgIpc) is 3.11. The molecule has 0 unspecified atom stereocenters. The molecule has 166 valence electrons. The van der Waals surface area contributed by atoms with E-state index >= 15 is 0 Å². The molecule has 0 spiro atoms. The second kappa shape index (κ2) is 8.97. The van der Waals surface area contributed by atoms with Crippen molar-refractivity contribution in [3.05, 3.63) is 53.3 Å². The molecule has 0 fully saturated rings. The largest absolute Gasteiger partial charge is 0.497 e. The number of aromatic nitrogens is 4. The van der Waals surface area contributed by atoms with E-state index in [1.807, 2.05) is 43.3 Å². The van der Waals surface area contributed by atoms with Crippen LogP contribution in [-0.2, 0) is 0 Å². The van der Waals surface area contributed by atoms with Gasteiger partial charge in [-0.2, -0.15) is 4.98 Å². The third-order valence-corrected chi connectivity index (χ3v) is 5.21. The molecule has 2 heterocycles. The van der Waals surface area contributed by atoms with Crippen LogP contribution >= 0.6 is 11.6 Å². The Morgan fingerprint density at radius 1 is 1.16 bits per heavy atom. The SMILES string of the molecule is COc1ccc(-n2nc3nc(NCCN(C)C)nc(-c4ccc(F)c(Cl)c4)c3c2N)cc1. The zero-order chi connectivity index (χ0) is 22.8. The third kappa shape index (κ3) is 4.30. The Labute approximate surface area is 189 Å². The highest BCUT2D eigenvalue weighted by molar-refractivity contribution is 6.31. The zero-order valence-corrected chi connectivity index (χ0v) is 18.7. The normalized spacial score (nSPS) is 11.3. The number of nitrogen functional groups attached to an aromatic ring is 1. The van der Waals surface area contributed by atoms with Gasteiger partial charge >= 0.3 is 0 Å². The standard InChI is InChI=1S/C22H23ClFN7O/c1-30(2)11-10-26-22-27-19(13-4-9-17(24)16(23)12-13)18-20(25)31(29-21(18)28-22)14-5-7-15(32-3)8-6-14/h4-9,12H,10-11,25H2,1-3H3,(H,26,28,29). The minimum atomic E-state index is -0.507. The summed E-state index contributed by atoms with van der Waals surface area (Å²) >= 11 is 6.04. The van der Waals surface area contributed by atoms with E-state index < -0.39 is 5.82 Å². The molecule has 0 aliphatic rings. The second-order valence-corrected chi connectivity index (χ2v) is 7.86. The fourth-order valence-corrected chi connectivity index (χ4v) is 3.44. The third-order valence-electron chi connectivity index (χ3n) is 4.92. The van der Waals surface area contributed by atoms with E-state index in [2.05, 4.69) is 20.4 Å². The smallest absolute Gasteiger partial charge is 0.225 e. The Kier molecular flexibility index (Phi) is 6.11. The summed E-state index contributed by atoms with van der Waals surface area (Å²) in [6.07, 6.45) is 0. The van der Waals surface area contributed by atoms with Crippen LogP contribution in [0.3, 0.4) is 0 Å². The van der Waals surface area contributed by atoms with Crippen molar-refractivity contribution in [2.24, 2.45) is 0 Å². The van der Waals surface area contributed by atoms with Crippen LogP contribution in [0.15, 0.2) is 42.5 Å². The molecule has 0 aliphatic heterocycles. The van der Waals surface area contributed by atoms with Gasteiger partial charge in [0.2, 0.25) is 5.95 Å². The molecule has 2 aromatic heterocycles. The average molecular weight is 456 g/mol. The molecule has 4 rings (SSSR count). The highest BCUT2D eigenvalue weighted by atomic mass is 35.5. The maximum atomic E-state index is 13.8. The van der Waals surface area contributed by atoms with Crippen molar-refractivity contribution in [2.75, 3.05) is 45.3 Å². The number of nitrogens with one attached hydrogen (secondary N) is 1. The summed E-state index contributed by atoms with van der Waals surface area (Å²) in [5.41, 5.74) is 8.77. The number of halogens is 2. The van der Waals surface area contributed by atoms with Crippen molar-refractivity contribution in [1.29, 1.82) is 0 Å². The topological polar surface area (TPSA) is 94.1 Å². The van der Waals surface area contributed by atoms with Gasteiger partial charge in [-0.1, -0.05) is 11.6 Å². The van der Waals surface area contributed by atoms with Crippen LogP contribution in [0.5, 0.6) is 5.75 Å². The molecule has 0 radical (unpaired) electrons. The van der Waals surface area contributed by atoms with Crippen LogP contribution in [-0.4, -0.2) is 58.9 Å². The van der Waals surface area contributed by atoms with Crippen LogP contribution in [0.25, 0.3) is 28.0 Å². The monoisotopic (exact) mass is 455 g/mol. The lowest BCUT2D eigenvalue weighted by Crippen LogP contribution is -2.21. The number of hydrogen-bond donors (Lipinski definition) is 2. The van der Waals surface area contributed by atoms with Gasteiger partial charge < -0.3 is 20.7 Å². The van der Waals surface area contributed by atoms with E-state index in [4.69, 9.17) is 22.1 Å². The number of nitrogens with two attached hydrogens (primary N) is 1. The van der Waals surface area contributed by atoms with Gasteiger partial charge in [0, 0.05) is 18.7 Å². The van der Waals surface area contributed by atoms with Gasteiger partial charge in [0.25, 0.3) is 0 Å². The summed E-state index contributed by atoms with van der Waals surface area (Å²) in [7, 11) is 5.57. The number of fused-ring (bicyclic) bond motifs is 1. The minimum absolute atomic E-state index is 0.00232. The maximum Gasteiger partial charge on any atom is 0.225 e. The molecular formula is C22H23ClFN7O. The van der Waals surface area contributed by atoms with Crippen LogP contribution in [0.4, 0.5) is 16.2 Å². The molecule has 10 heteroatoms. The van der Waals surface area contributed by atoms with E-state index in [0.29, 0.717) is 40.6 Å². The Morgan fingerprint density at radius 3 is 2.56 bits per heavy atom. The quantitative estimate of drug-likeness (QED) is 0.437. The second-order valence-electron chi connectivity index (χ2n) is 7.45. The lowest BCUT2D eigenvalue weighted by atomic mass is 10.1. The first-order valence-corrected chi connectivity index (χ1v) is 10.3. The van der Waals surface area contributed by atoms with Gasteiger partial charge in [-0.25, -0.2) is 14.1 Å². The van der Waals surface area contributed by atoms with Crippen molar-refractivity contribution in [1.82, 2.24) is 24.6 Å². The first kappa shape index (κ1) is 21.8. The minimum Gasteiger partial charge on any atom is -0.497 e. The van der Waals surface area contributed by atoms with Gasteiger partial charge in [0.1, 0.15) is 17.4 Å². The molecule has 0 atom stereocenters. The van der Waals surface area contributed by atoms with Crippen LogP contribution in [0.2, 0.25) is 5.02 Å². The summed E-state index contributed by atoms with van der Waals surface area (Å²) in [4.78, 5) is 11.3. The molecule has 32 heavy (non-hydrogen) atoms. The summed E-state index contributed by atoms with van der Waals surface area (Å²) in [6.45, 7) is 1.43. The number of rotatable bonds is 7. The van der Waals surface area contributed by atoms with E-state index in [-0.39, 0.29) is 5.02 Å². The molecule has 8 nitrogen and oxygen atoms in total. The lowest BCUT2D eigenvalue weighted by Gasteiger charge is -2.11. The Bertz CT molecular complexity index is 1260. The predicted octanol–water partition coefficient (Wildman–Crippen LogP) is 3.84. The Morgan fingerprint density at radius 2 is 1.91 bits per heavy atom. The van der Waals surface area contributed by atoms with E-state index in [9.17, 15) is 4.39 Å². The summed E-state index contributed by atoms with van der Waals surface area (Å²) in [6, 6.07) is 11.8. The number of hydrogen-bond acceptors (Lipinski definition) is 7. The molecule has 3 N–H and O–H groups in total. The number of ether oxygens (including phenoxy) is 1. The van der Waals surface area contributed by atoms with Crippen LogP contribution in [0, 0.1) is 5.82 Å². The fraction of sp³-hybridized carbons (Fsp3) is 0.227. The van der Waals surface area contributed by atoms with Gasteiger partial charge in [0.05, 0.1) is 28.9 Å². The summed E-state index contributed by atoms with van der Waals surface area (Å²) in [5.74, 6) is 0.972. The fourth-order valence-electron chi connectivity index (χ4n) is 3.25. The first-order chi connectivity index (χ1) is 15.4. The van der Waals surface area contributed by atoms with Gasteiger partial charge in [0.15, 0.2) is 5.65 Å². The van der Waals surface area contributed by atoms with E-state index in [1.165, 1.54) is 12.1 Å². The highest BCUT2D eigenvalue weighted by Crippen LogP contribution is 2.34. The molecular weight excluding hydrogens is 433 g/mol. The molecule has 0 saturated heterocycles. The number of benzene rings is 2. The zero-order valence-electron chi connectivity index (χ0n) is 17.9. The van der Waals surface area contributed by atoms with Crippen molar-refractivity contribution >= 4 is 34.4 Å². The molecule has 4 aromatic rings. The first-order valence-electron chi connectivity index (χ1n) is 9.92. The Balaban J connectivity index is 1.87. The lowest BCUT2D eigenvalue weighted by molar-refractivity contribution is 0.414. The maximum absolute atomic E-state index is 13.8. The molecule has 0 amide bonds. The summed E-state index contributed by atoms with van der Waals surface area (Å²) < 4.78 is 20.6. The van der Waals surface area contributed by atoms with Crippen molar-refractivity contribution < 1.29 is 9.13 Å². The van der Waals surface area contributed by atoms with E-state index in [0.717, 1.165) is 18.0 Å². The number of methoxy groups -OCH3 is 1. The van der Waals surface area contributed by atoms with Crippen molar-refractivity contribution in [3.8, 4) is 22.7 Å².